The van der Waals surface area contributed by atoms with E-state index < -0.39 is 12.4 Å². The molecule has 0 saturated carbocycles. The normalized spacial score (nSPS) is 10.6. The highest BCUT2D eigenvalue weighted by molar-refractivity contribution is 8.00. The lowest BCUT2D eigenvalue weighted by molar-refractivity contribution is -0.133. The number of hydrogen-bond acceptors (Lipinski definition) is 5. The summed E-state index contributed by atoms with van der Waals surface area (Å²) < 4.78 is 24.8. The number of carbonyl (C=O) groups is 2. The standard InChI is InChI=1S/C11H13F2N3O3S/c12-11(13)7-1-3-14-8(16-7)2-4-15-9(17)5-20-6-10(18)19/h1,3,11H,2,4-6H2,(H,15,17)(H,18,19). The molecule has 0 aliphatic rings. The highest BCUT2D eigenvalue weighted by Gasteiger charge is 2.10. The first-order valence-electron chi connectivity index (χ1n) is 5.65. The van der Waals surface area contributed by atoms with E-state index in [1.54, 1.807) is 0 Å². The maximum atomic E-state index is 12.4. The van der Waals surface area contributed by atoms with Crippen molar-refractivity contribution in [2.75, 3.05) is 18.1 Å². The Balaban J connectivity index is 2.28. The Labute approximate surface area is 118 Å². The maximum Gasteiger partial charge on any atom is 0.313 e. The van der Waals surface area contributed by atoms with Gasteiger partial charge in [-0.1, -0.05) is 0 Å². The number of aromatic nitrogens is 2. The number of hydrogen-bond donors (Lipinski definition) is 2. The van der Waals surface area contributed by atoms with Crippen LogP contribution in [0.2, 0.25) is 0 Å². The van der Waals surface area contributed by atoms with Crippen LogP contribution in [0.15, 0.2) is 12.3 Å². The minimum absolute atomic E-state index is 0.0320. The molecule has 2 N–H and O–H groups in total. The fraction of sp³-hybridized carbons (Fsp3) is 0.455. The summed E-state index contributed by atoms with van der Waals surface area (Å²) in [5.41, 5.74) is -0.349. The quantitative estimate of drug-likeness (QED) is 0.741. The van der Waals surface area contributed by atoms with Crippen molar-refractivity contribution in [1.29, 1.82) is 0 Å². The van der Waals surface area contributed by atoms with E-state index in [0.717, 1.165) is 17.8 Å². The highest BCUT2D eigenvalue weighted by Crippen LogP contribution is 2.14. The van der Waals surface area contributed by atoms with Crippen molar-refractivity contribution in [2.24, 2.45) is 0 Å². The van der Waals surface area contributed by atoms with E-state index in [1.807, 2.05) is 0 Å². The van der Waals surface area contributed by atoms with E-state index in [0.29, 0.717) is 0 Å². The topological polar surface area (TPSA) is 92.2 Å². The van der Waals surface area contributed by atoms with Gasteiger partial charge in [0.2, 0.25) is 5.91 Å². The number of thioether (sulfide) groups is 1. The molecule has 9 heteroatoms. The third-order valence-corrected chi connectivity index (χ3v) is 3.00. The summed E-state index contributed by atoms with van der Waals surface area (Å²) in [6.45, 7) is 0.207. The minimum Gasteiger partial charge on any atom is -0.481 e. The Morgan fingerprint density at radius 1 is 1.40 bits per heavy atom. The van der Waals surface area contributed by atoms with Gasteiger partial charge in [-0.05, 0) is 6.07 Å². The summed E-state index contributed by atoms with van der Waals surface area (Å²) >= 11 is 0.980. The molecule has 1 rings (SSSR count). The van der Waals surface area contributed by atoms with Gasteiger partial charge in [-0.15, -0.1) is 11.8 Å². The van der Waals surface area contributed by atoms with Gasteiger partial charge < -0.3 is 10.4 Å². The molecule has 110 valence electrons. The molecule has 1 aromatic heterocycles. The van der Waals surface area contributed by atoms with Crippen LogP contribution in [0.1, 0.15) is 17.9 Å². The number of rotatable bonds is 8. The van der Waals surface area contributed by atoms with Crippen LogP contribution >= 0.6 is 11.8 Å². The van der Waals surface area contributed by atoms with Crippen molar-refractivity contribution < 1.29 is 23.5 Å². The third kappa shape index (κ3) is 6.41. The fourth-order valence-corrected chi connectivity index (χ4v) is 1.82. The molecule has 0 radical (unpaired) electrons. The Hall–Kier alpha value is -1.77. The predicted molar refractivity (Wildman–Crippen MR) is 68.7 cm³/mol. The number of halogens is 2. The van der Waals surface area contributed by atoms with Crippen molar-refractivity contribution in [3.63, 3.8) is 0 Å². The molecule has 6 nitrogen and oxygen atoms in total. The van der Waals surface area contributed by atoms with Crippen LogP contribution in [0.3, 0.4) is 0 Å². The molecule has 1 amide bonds. The van der Waals surface area contributed by atoms with Crippen LogP contribution in [-0.4, -0.2) is 45.0 Å². The number of carboxylic acid groups (broad SMARTS) is 1. The lowest BCUT2D eigenvalue weighted by atomic mass is 10.3. The molecule has 0 aliphatic heterocycles. The SMILES string of the molecule is O=C(O)CSCC(=O)NCCc1nccc(C(F)F)n1. The highest BCUT2D eigenvalue weighted by atomic mass is 32.2. The van der Waals surface area contributed by atoms with Crippen molar-refractivity contribution in [3.8, 4) is 0 Å². The second-order valence-electron chi connectivity index (χ2n) is 3.68. The van der Waals surface area contributed by atoms with E-state index >= 15 is 0 Å². The number of alkyl halides is 2. The first-order valence-corrected chi connectivity index (χ1v) is 6.80. The lowest BCUT2D eigenvalue weighted by Gasteiger charge is -2.05. The second-order valence-corrected chi connectivity index (χ2v) is 4.67. The van der Waals surface area contributed by atoms with Crippen LogP contribution in [-0.2, 0) is 16.0 Å². The predicted octanol–water partition coefficient (Wildman–Crippen LogP) is 0.891. The zero-order valence-electron chi connectivity index (χ0n) is 10.4. The summed E-state index contributed by atoms with van der Waals surface area (Å²) in [4.78, 5) is 29.0. The average Bonchev–Trinajstić information content (AvgIpc) is 2.38. The molecule has 0 spiro atoms. The number of amides is 1. The van der Waals surface area contributed by atoms with Crippen LogP contribution < -0.4 is 5.32 Å². The molecule has 1 aromatic rings. The first-order chi connectivity index (χ1) is 9.49. The number of carboxylic acids is 1. The number of carbonyl (C=O) groups excluding carboxylic acids is 1. The average molecular weight is 305 g/mol. The van der Waals surface area contributed by atoms with E-state index in [-0.39, 0.29) is 41.9 Å². The summed E-state index contributed by atoms with van der Waals surface area (Å²) in [6, 6.07) is 1.13. The van der Waals surface area contributed by atoms with E-state index in [2.05, 4.69) is 15.3 Å². The second kappa shape index (κ2) is 8.41. The number of aliphatic carboxylic acids is 1. The number of nitrogens with zero attached hydrogens (tertiary/aromatic N) is 2. The summed E-state index contributed by atoms with van der Waals surface area (Å²) in [6.07, 6.45) is -1.18. The smallest absolute Gasteiger partial charge is 0.313 e. The summed E-state index contributed by atoms with van der Waals surface area (Å²) in [5.74, 6) is -1.19. The van der Waals surface area contributed by atoms with Crippen molar-refractivity contribution in [2.45, 2.75) is 12.8 Å². The molecular weight excluding hydrogens is 292 g/mol. The molecule has 20 heavy (non-hydrogen) atoms. The minimum atomic E-state index is -2.65. The van der Waals surface area contributed by atoms with Crippen LogP contribution in [0, 0.1) is 0 Å². The Kier molecular flexibility index (Phi) is 6.85. The van der Waals surface area contributed by atoms with Gasteiger partial charge in [-0.3, -0.25) is 9.59 Å². The molecule has 1 heterocycles. The van der Waals surface area contributed by atoms with Gasteiger partial charge in [0, 0.05) is 19.2 Å². The molecule has 0 aliphatic carbocycles. The molecule has 0 atom stereocenters. The van der Waals surface area contributed by atoms with Gasteiger partial charge in [-0.2, -0.15) is 0 Å². The van der Waals surface area contributed by atoms with Gasteiger partial charge in [0.1, 0.15) is 11.5 Å². The Morgan fingerprint density at radius 2 is 2.15 bits per heavy atom. The van der Waals surface area contributed by atoms with Gasteiger partial charge in [-0.25, -0.2) is 18.7 Å². The lowest BCUT2D eigenvalue weighted by Crippen LogP contribution is -2.28. The van der Waals surface area contributed by atoms with Crippen molar-refractivity contribution in [1.82, 2.24) is 15.3 Å². The largest absolute Gasteiger partial charge is 0.481 e. The van der Waals surface area contributed by atoms with E-state index in [4.69, 9.17) is 5.11 Å². The molecule has 0 unspecified atom stereocenters. The third-order valence-electron chi connectivity index (χ3n) is 2.08. The zero-order chi connectivity index (χ0) is 15.0. The van der Waals surface area contributed by atoms with E-state index in [1.165, 1.54) is 6.20 Å². The van der Waals surface area contributed by atoms with Gasteiger partial charge in [0.05, 0.1) is 11.5 Å². The molecule has 0 aromatic carbocycles. The van der Waals surface area contributed by atoms with Gasteiger partial charge >= 0.3 is 5.97 Å². The molecular formula is C11H13F2N3O3S. The van der Waals surface area contributed by atoms with Crippen LogP contribution in [0.4, 0.5) is 8.78 Å². The Morgan fingerprint density at radius 3 is 2.80 bits per heavy atom. The number of nitrogens with one attached hydrogen (secondary N) is 1. The van der Waals surface area contributed by atoms with Gasteiger partial charge in [0.15, 0.2) is 0 Å². The van der Waals surface area contributed by atoms with Gasteiger partial charge in [0.25, 0.3) is 6.43 Å². The first kappa shape index (κ1) is 16.3. The molecule has 0 bridgehead atoms. The monoisotopic (exact) mass is 305 g/mol. The fourth-order valence-electron chi connectivity index (χ4n) is 1.25. The molecule has 0 saturated heterocycles. The van der Waals surface area contributed by atoms with E-state index in [9.17, 15) is 18.4 Å². The zero-order valence-corrected chi connectivity index (χ0v) is 11.2. The molecule has 0 fully saturated rings. The maximum absolute atomic E-state index is 12.4. The van der Waals surface area contributed by atoms with Crippen LogP contribution in [0.5, 0.6) is 0 Å². The summed E-state index contributed by atoms with van der Waals surface area (Å²) in [5, 5.41) is 10.9. The van der Waals surface area contributed by atoms with Crippen molar-refractivity contribution in [3.05, 3.63) is 23.8 Å². The van der Waals surface area contributed by atoms with Crippen LogP contribution in [0.25, 0.3) is 0 Å². The van der Waals surface area contributed by atoms with Crippen molar-refractivity contribution >= 4 is 23.6 Å². The Bertz CT molecular complexity index is 474. The summed E-state index contributed by atoms with van der Waals surface area (Å²) in [7, 11) is 0.